The van der Waals surface area contributed by atoms with Crippen LogP contribution >= 0.6 is 11.6 Å². The molecule has 0 aliphatic carbocycles. The van der Waals surface area contributed by atoms with Crippen LogP contribution in [0.1, 0.15) is 24.9 Å². The molecule has 0 amide bonds. The van der Waals surface area contributed by atoms with Crippen LogP contribution in [-0.4, -0.2) is 12.6 Å². The van der Waals surface area contributed by atoms with Gasteiger partial charge in [0.25, 0.3) is 0 Å². The van der Waals surface area contributed by atoms with Gasteiger partial charge in [0.15, 0.2) is 0 Å². The molecule has 3 N–H and O–H groups in total. The molecular formula is C11H15ClNO2+. The van der Waals surface area contributed by atoms with Crippen LogP contribution < -0.4 is 5.73 Å². The van der Waals surface area contributed by atoms with Crippen molar-refractivity contribution in [2.24, 2.45) is 0 Å². The average Bonchev–Trinajstić information content (AvgIpc) is 2.18. The third-order valence-corrected chi connectivity index (χ3v) is 2.41. The Morgan fingerprint density at radius 1 is 1.53 bits per heavy atom. The molecule has 0 spiro atoms. The van der Waals surface area contributed by atoms with Gasteiger partial charge in [-0.05, 0) is 13.0 Å². The second-order valence-corrected chi connectivity index (χ2v) is 3.63. The maximum absolute atomic E-state index is 11.2. The number of quaternary nitrogens is 1. The molecule has 0 radical (unpaired) electrons. The minimum Gasteiger partial charge on any atom is -0.466 e. The van der Waals surface area contributed by atoms with Crippen LogP contribution in [-0.2, 0) is 9.53 Å². The summed E-state index contributed by atoms with van der Waals surface area (Å²) in [5.74, 6) is -0.239. The van der Waals surface area contributed by atoms with E-state index < -0.39 is 0 Å². The lowest BCUT2D eigenvalue weighted by molar-refractivity contribution is -0.425. The number of hydrogen-bond donors (Lipinski definition) is 1. The molecule has 1 atom stereocenters. The summed E-state index contributed by atoms with van der Waals surface area (Å²) in [5.41, 5.74) is 4.79. The second kappa shape index (κ2) is 5.73. The van der Waals surface area contributed by atoms with Gasteiger partial charge in [0.1, 0.15) is 12.5 Å². The lowest BCUT2D eigenvalue weighted by Gasteiger charge is -2.09. The smallest absolute Gasteiger partial charge is 0.312 e. The van der Waals surface area contributed by atoms with E-state index in [1.165, 1.54) is 0 Å². The monoisotopic (exact) mass is 228 g/mol. The van der Waals surface area contributed by atoms with E-state index in [2.05, 4.69) is 5.73 Å². The normalized spacial score (nSPS) is 12.2. The van der Waals surface area contributed by atoms with Gasteiger partial charge in [0.2, 0.25) is 0 Å². The topological polar surface area (TPSA) is 53.9 Å². The first kappa shape index (κ1) is 12.0. The third-order valence-electron chi connectivity index (χ3n) is 2.06. The number of ether oxygens (including phenoxy) is 1. The number of rotatable bonds is 4. The van der Waals surface area contributed by atoms with Gasteiger partial charge in [-0.15, -0.1) is 0 Å². The summed E-state index contributed by atoms with van der Waals surface area (Å²) >= 11 is 5.99. The summed E-state index contributed by atoms with van der Waals surface area (Å²) < 4.78 is 4.85. The Balaban J connectivity index is 2.65. The molecule has 0 aliphatic heterocycles. The number of esters is 1. The fraction of sp³-hybridized carbons (Fsp3) is 0.364. The highest BCUT2D eigenvalue weighted by Gasteiger charge is 2.17. The Hall–Kier alpha value is -1.06. The molecule has 0 bridgehead atoms. The van der Waals surface area contributed by atoms with E-state index in [0.717, 1.165) is 5.56 Å². The zero-order valence-corrected chi connectivity index (χ0v) is 9.46. The van der Waals surface area contributed by atoms with Gasteiger partial charge in [-0.25, -0.2) is 0 Å². The van der Waals surface area contributed by atoms with Gasteiger partial charge in [-0.2, -0.15) is 0 Å². The number of halogens is 1. The first-order valence-electron chi connectivity index (χ1n) is 4.88. The molecule has 82 valence electrons. The van der Waals surface area contributed by atoms with E-state index in [4.69, 9.17) is 16.3 Å². The van der Waals surface area contributed by atoms with Crippen LogP contribution in [0.3, 0.4) is 0 Å². The fourth-order valence-electron chi connectivity index (χ4n) is 1.34. The highest BCUT2D eigenvalue weighted by molar-refractivity contribution is 6.31. The van der Waals surface area contributed by atoms with Crippen molar-refractivity contribution in [2.45, 2.75) is 19.4 Å². The first-order valence-corrected chi connectivity index (χ1v) is 5.26. The van der Waals surface area contributed by atoms with E-state index >= 15 is 0 Å². The molecule has 1 rings (SSSR count). The van der Waals surface area contributed by atoms with Crippen LogP contribution in [0.5, 0.6) is 0 Å². The molecule has 1 unspecified atom stereocenters. The minimum absolute atomic E-state index is 0.155. The lowest BCUT2D eigenvalue weighted by atomic mass is 10.1. The molecule has 3 nitrogen and oxygen atoms in total. The van der Waals surface area contributed by atoms with E-state index in [-0.39, 0.29) is 18.4 Å². The van der Waals surface area contributed by atoms with Gasteiger partial charge in [-0.1, -0.05) is 29.8 Å². The van der Waals surface area contributed by atoms with Crippen molar-refractivity contribution in [3.05, 3.63) is 34.9 Å². The van der Waals surface area contributed by atoms with Gasteiger partial charge >= 0.3 is 5.97 Å². The Bertz CT molecular complexity index is 341. The highest BCUT2D eigenvalue weighted by Crippen LogP contribution is 2.21. The summed E-state index contributed by atoms with van der Waals surface area (Å²) in [4.78, 5) is 11.2. The van der Waals surface area contributed by atoms with Gasteiger partial charge in [-0.3, -0.25) is 4.79 Å². The Labute approximate surface area is 94.2 Å². The van der Waals surface area contributed by atoms with Crippen molar-refractivity contribution >= 4 is 17.6 Å². The zero-order chi connectivity index (χ0) is 11.3. The molecule has 0 aromatic heterocycles. The number of carbonyl (C=O) groups is 1. The van der Waals surface area contributed by atoms with Crippen LogP contribution in [0.25, 0.3) is 0 Å². The molecular weight excluding hydrogens is 214 g/mol. The maximum Gasteiger partial charge on any atom is 0.312 e. The fourth-order valence-corrected chi connectivity index (χ4v) is 1.63. The van der Waals surface area contributed by atoms with Crippen LogP contribution in [0.2, 0.25) is 5.02 Å². The summed E-state index contributed by atoms with van der Waals surface area (Å²) in [6.45, 7) is 2.18. The second-order valence-electron chi connectivity index (χ2n) is 3.23. The SMILES string of the molecule is CCOC(=O)CC([NH3+])c1ccccc1Cl. The molecule has 0 heterocycles. The van der Waals surface area contributed by atoms with Crippen molar-refractivity contribution in [2.75, 3.05) is 6.61 Å². The summed E-state index contributed by atoms with van der Waals surface area (Å²) in [7, 11) is 0. The lowest BCUT2D eigenvalue weighted by Crippen LogP contribution is -2.54. The van der Waals surface area contributed by atoms with Gasteiger partial charge in [0, 0.05) is 10.6 Å². The first-order chi connectivity index (χ1) is 7.15. The summed E-state index contributed by atoms with van der Waals surface area (Å²) in [6, 6.07) is 7.24. The van der Waals surface area contributed by atoms with Crippen molar-refractivity contribution in [1.82, 2.24) is 0 Å². The van der Waals surface area contributed by atoms with E-state index in [0.29, 0.717) is 11.6 Å². The minimum atomic E-state index is -0.239. The molecule has 1 aromatic carbocycles. The molecule has 4 heteroatoms. The highest BCUT2D eigenvalue weighted by atomic mass is 35.5. The predicted octanol–water partition coefficient (Wildman–Crippen LogP) is 1.58. The Morgan fingerprint density at radius 3 is 2.80 bits per heavy atom. The zero-order valence-electron chi connectivity index (χ0n) is 8.70. The quantitative estimate of drug-likeness (QED) is 0.796. The maximum atomic E-state index is 11.2. The number of hydrogen-bond acceptors (Lipinski definition) is 2. The Kier molecular flexibility index (Phi) is 4.59. The average molecular weight is 229 g/mol. The van der Waals surface area contributed by atoms with Crippen molar-refractivity contribution < 1.29 is 15.3 Å². The van der Waals surface area contributed by atoms with Crippen molar-refractivity contribution in [1.29, 1.82) is 0 Å². The van der Waals surface area contributed by atoms with Crippen LogP contribution in [0.4, 0.5) is 0 Å². The summed E-state index contributed by atoms with van der Waals surface area (Å²) in [5, 5.41) is 0.641. The molecule has 1 aromatic rings. The van der Waals surface area contributed by atoms with Crippen molar-refractivity contribution in [3.8, 4) is 0 Å². The van der Waals surface area contributed by atoms with Gasteiger partial charge < -0.3 is 10.5 Å². The van der Waals surface area contributed by atoms with Crippen LogP contribution in [0.15, 0.2) is 24.3 Å². The number of carbonyl (C=O) groups excluding carboxylic acids is 1. The largest absolute Gasteiger partial charge is 0.466 e. The molecule has 15 heavy (non-hydrogen) atoms. The molecule has 0 fully saturated rings. The Morgan fingerprint density at radius 2 is 2.20 bits per heavy atom. The van der Waals surface area contributed by atoms with Crippen LogP contribution in [0, 0.1) is 0 Å². The van der Waals surface area contributed by atoms with E-state index in [9.17, 15) is 4.79 Å². The molecule has 0 aliphatic rings. The van der Waals surface area contributed by atoms with Gasteiger partial charge in [0.05, 0.1) is 6.61 Å². The summed E-state index contributed by atoms with van der Waals surface area (Å²) in [6.07, 6.45) is 0.261. The third kappa shape index (κ3) is 3.53. The number of benzene rings is 1. The molecule has 0 saturated heterocycles. The van der Waals surface area contributed by atoms with E-state index in [1.807, 2.05) is 18.2 Å². The standard InChI is InChI=1S/C11H14ClNO2/c1-2-15-11(14)7-10(13)8-5-3-4-6-9(8)12/h3-6,10H,2,7,13H2,1H3/p+1. The van der Waals surface area contributed by atoms with Crippen molar-refractivity contribution in [3.63, 3.8) is 0 Å². The molecule has 0 saturated carbocycles. The predicted molar refractivity (Wildman–Crippen MR) is 58.3 cm³/mol. The van der Waals surface area contributed by atoms with E-state index in [1.54, 1.807) is 13.0 Å².